The van der Waals surface area contributed by atoms with Gasteiger partial charge in [-0.25, -0.2) is 0 Å². The minimum Gasteiger partial charge on any atom is -0.494 e. The molecule has 0 N–H and O–H groups in total. The lowest BCUT2D eigenvalue weighted by Gasteiger charge is -2.09. The van der Waals surface area contributed by atoms with Gasteiger partial charge < -0.3 is 9.47 Å². The quantitative estimate of drug-likeness (QED) is 0.791. The maximum absolute atomic E-state index is 11.7. The van der Waals surface area contributed by atoms with Gasteiger partial charge in [0.25, 0.3) is 0 Å². The molecule has 0 amide bonds. The molecule has 0 bridgehead atoms. The molecule has 3 rings (SSSR count). The number of aromatic nitrogens is 4. The van der Waals surface area contributed by atoms with Crippen molar-refractivity contribution in [2.75, 3.05) is 7.11 Å². The first-order chi connectivity index (χ1) is 10.2. The molecule has 1 aliphatic heterocycles. The number of para-hydroxylation sites is 2. The predicted molar refractivity (Wildman–Crippen MR) is 75.5 cm³/mol. The summed E-state index contributed by atoms with van der Waals surface area (Å²) in [4.78, 5) is 11.7. The summed E-state index contributed by atoms with van der Waals surface area (Å²) in [6.07, 6.45) is 0.591. The number of esters is 1. The van der Waals surface area contributed by atoms with E-state index in [2.05, 4.69) is 15.5 Å². The normalized spacial score (nSPS) is 21.3. The van der Waals surface area contributed by atoms with Gasteiger partial charge in [0.15, 0.2) is 0 Å². The molecule has 0 saturated carbocycles. The van der Waals surface area contributed by atoms with Crippen LogP contribution in [0.15, 0.2) is 29.4 Å². The molecule has 0 unspecified atom stereocenters. The summed E-state index contributed by atoms with van der Waals surface area (Å²) in [6.45, 7) is 1.88. The van der Waals surface area contributed by atoms with Gasteiger partial charge in [0.1, 0.15) is 22.8 Å². The third-order valence-electron chi connectivity index (χ3n) is 3.13. The van der Waals surface area contributed by atoms with E-state index in [4.69, 9.17) is 9.47 Å². The van der Waals surface area contributed by atoms with E-state index in [1.807, 2.05) is 31.2 Å². The highest BCUT2D eigenvalue weighted by Gasteiger charge is 2.34. The largest absolute Gasteiger partial charge is 0.494 e. The fourth-order valence-corrected chi connectivity index (χ4v) is 3.24. The summed E-state index contributed by atoms with van der Waals surface area (Å²) >= 11 is 1.31. The lowest BCUT2D eigenvalue weighted by atomic mass is 10.3. The Hall–Kier alpha value is -2.09. The van der Waals surface area contributed by atoms with Crippen LogP contribution in [0.25, 0.3) is 5.69 Å². The number of carbonyl (C=O) groups is 1. The fraction of sp³-hybridized carbons (Fsp3) is 0.385. The Labute approximate surface area is 125 Å². The monoisotopic (exact) mass is 306 g/mol. The van der Waals surface area contributed by atoms with Crippen LogP contribution in [0.5, 0.6) is 5.75 Å². The second kappa shape index (κ2) is 5.72. The van der Waals surface area contributed by atoms with Crippen molar-refractivity contribution in [3.63, 3.8) is 0 Å². The van der Waals surface area contributed by atoms with E-state index in [9.17, 15) is 4.79 Å². The molecule has 2 heterocycles. The average Bonchev–Trinajstić information content (AvgIpc) is 3.06. The highest BCUT2D eigenvalue weighted by Crippen LogP contribution is 2.33. The van der Waals surface area contributed by atoms with Gasteiger partial charge in [-0.15, -0.1) is 5.10 Å². The standard InChI is InChI=1S/C13H14N4O3S/c1-8-7-11(12(18)20-8)21-13-14-15-16-17(13)9-5-3-4-6-10(9)19-2/h3-6,8,11H,7H2,1-2H3/t8-,11+/m0/s1. The van der Waals surface area contributed by atoms with E-state index >= 15 is 0 Å². The van der Waals surface area contributed by atoms with Gasteiger partial charge in [0.05, 0.1) is 7.11 Å². The number of methoxy groups -OCH3 is 1. The molecule has 8 heteroatoms. The number of benzene rings is 1. The Balaban J connectivity index is 1.89. The summed E-state index contributed by atoms with van der Waals surface area (Å²) in [5.74, 6) is 0.441. The summed E-state index contributed by atoms with van der Waals surface area (Å²) in [5, 5.41) is 11.9. The second-order valence-electron chi connectivity index (χ2n) is 4.63. The van der Waals surface area contributed by atoms with Crippen molar-refractivity contribution in [2.45, 2.75) is 29.9 Å². The number of nitrogens with zero attached hydrogens (tertiary/aromatic N) is 4. The SMILES string of the molecule is COc1ccccc1-n1nnnc1S[C@@H]1C[C@H](C)OC1=O. The van der Waals surface area contributed by atoms with Crippen molar-refractivity contribution in [1.29, 1.82) is 0 Å². The molecule has 1 aliphatic rings. The Morgan fingerprint density at radius 3 is 2.95 bits per heavy atom. The molecule has 1 fully saturated rings. The number of rotatable bonds is 4. The summed E-state index contributed by atoms with van der Waals surface area (Å²) in [6, 6.07) is 7.43. The molecule has 7 nitrogen and oxygen atoms in total. The van der Waals surface area contributed by atoms with Gasteiger partial charge in [-0.05, 0) is 29.5 Å². The number of cyclic esters (lactones) is 1. The number of hydrogen-bond acceptors (Lipinski definition) is 7. The first-order valence-corrected chi connectivity index (χ1v) is 7.36. The van der Waals surface area contributed by atoms with Crippen LogP contribution < -0.4 is 4.74 Å². The van der Waals surface area contributed by atoms with Gasteiger partial charge in [0, 0.05) is 6.42 Å². The molecule has 1 aromatic carbocycles. The van der Waals surface area contributed by atoms with E-state index in [0.29, 0.717) is 17.3 Å². The van der Waals surface area contributed by atoms with Crippen molar-refractivity contribution >= 4 is 17.7 Å². The van der Waals surface area contributed by atoms with Crippen molar-refractivity contribution in [1.82, 2.24) is 20.2 Å². The predicted octanol–water partition coefficient (Wildman–Crippen LogP) is 1.47. The molecule has 0 spiro atoms. The number of ether oxygens (including phenoxy) is 2. The Bertz CT molecular complexity index is 660. The van der Waals surface area contributed by atoms with Gasteiger partial charge in [-0.3, -0.25) is 4.79 Å². The second-order valence-corrected chi connectivity index (χ2v) is 5.80. The minimum atomic E-state index is -0.278. The molecule has 110 valence electrons. The number of thioether (sulfide) groups is 1. The van der Waals surface area contributed by atoms with Crippen molar-refractivity contribution in [3.8, 4) is 11.4 Å². The van der Waals surface area contributed by atoms with E-state index < -0.39 is 0 Å². The highest BCUT2D eigenvalue weighted by atomic mass is 32.2. The molecular weight excluding hydrogens is 292 g/mol. The number of carbonyl (C=O) groups excluding carboxylic acids is 1. The van der Waals surface area contributed by atoms with Gasteiger partial charge in [-0.2, -0.15) is 4.68 Å². The summed E-state index contributed by atoms with van der Waals surface area (Å²) < 4.78 is 12.0. The van der Waals surface area contributed by atoms with Crippen LogP contribution in [0.1, 0.15) is 13.3 Å². The molecular formula is C13H14N4O3S. The zero-order valence-corrected chi connectivity index (χ0v) is 12.4. The first kappa shape index (κ1) is 13.9. The van der Waals surface area contributed by atoms with Gasteiger partial charge in [0.2, 0.25) is 5.16 Å². The minimum absolute atomic E-state index is 0.0643. The third-order valence-corrected chi connectivity index (χ3v) is 4.26. The summed E-state index contributed by atoms with van der Waals surface area (Å²) in [7, 11) is 1.59. The van der Waals surface area contributed by atoms with Crippen molar-refractivity contribution < 1.29 is 14.3 Å². The van der Waals surface area contributed by atoms with E-state index in [0.717, 1.165) is 5.69 Å². The van der Waals surface area contributed by atoms with E-state index in [1.165, 1.54) is 11.8 Å². The number of hydrogen-bond donors (Lipinski definition) is 0. The van der Waals surface area contributed by atoms with Crippen molar-refractivity contribution in [3.05, 3.63) is 24.3 Å². The van der Waals surface area contributed by atoms with Crippen LogP contribution >= 0.6 is 11.8 Å². The molecule has 0 radical (unpaired) electrons. The van der Waals surface area contributed by atoms with Crippen LogP contribution in [-0.4, -0.2) is 44.6 Å². The summed E-state index contributed by atoms with van der Waals surface area (Å²) in [5.41, 5.74) is 0.729. The first-order valence-electron chi connectivity index (χ1n) is 6.48. The van der Waals surface area contributed by atoms with Gasteiger partial charge in [-0.1, -0.05) is 23.9 Å². The Morgan fingerprint density at radius 1 is 1.43 bits per heavy atom. The molecule has 21 heavy (non-hydrogen) atoms. The van der Waals surface area contributed by atoms with E-state index in [-0.39, 0.29) is 17.3 Å². The Morgan fingerprint density at radius 2 is 2.24 bits per heavy atom. The lowest BCUT2D eigenvalue weighted by molar-refractivity contribution is -0.140. The molecule has 1 saturated heterocycles. The molecule has 2 atom stereocenters. The molecule has 1 aromatic heterocycles. The van der Waals surface area contributed by atoms with Crippen molar-refractivity contribution in [2.24, 2.45) is 0 Å². The average molecular weight is 306 g/mol. The number of tetrazole rings is 1. The van der Waals surface area contributed by atoms with Crippen LogP contribution in [-0.2, 0) is 9.53 Å². The van der Waals surface area contributed by atoms with Crippen LogP contribution in [0, 0.1) is 0 Å². The maximum atomic E-state index is 11.7. The fourth-order valence-electron chi connectivity index (χ4n) is 2.15. The molecule has 2 aromatic rings. The molecule has 0 aliphatic carbocycles. The Kier molecular flexibility index (Phi) is 3.78. The van der Waals surface area contributed by atoms with Crippen LogP contribution in [0.2, 0.25) is 0 Å². The topological polar surface area (TPSA) is 79.1 Å². The van der Waals surface area contributed by atoms with Crippen LogP contribution in [0.4, 0.5) is 0 Å². The third kappa shape index (κ3) is 2.71. The zero-order chi connectivity index (χ0) is 14.8. The van der Waals surface area contributed by atoms with Gasteiger partial charge >= 0.3 is 5.97 Å². The smallest absolute Gasteiger partial charge is 0.319 e. The lowest BCUT2D eigenvalue weighted by Crippen LogP contribution is -2.11. The maximum Gasteiger partial charge on any atom is 0.319 e. The van der Waals surface area contributed by atoms with Crippen LogP contribution in [0.3, 0.4) is 0 Å². The zero-order valence-electron chi connectivity index (χ0n) is 11.6. The highest BCUT2D eigenvalue weighted by molar-refractivity contribution is 8.00. The van der Waals surface area contributed by atoms with E-state index in [1.54, 1.807) is 11.8 Å².